The van der Waals surface area contributed by atoms with E-state index in [1.807, 2.05) is 0 Å². The van der Waals surface area contributed by atoms with Crippen LogP contribution >= 0.6 is 11.6 Å². The van der Waals surface area contributed by atoms with Gasteiger partial charge in [0.15, 0.2) is 0 Å². The van der Waals surface area contributed by atoms with Gasteiger partial charge in [0.25, 0.3) is 0 Å². The highest BCUT2D eigenvalue weighted by molar-refractivity contribution is 6.30. The zero-order valence-corrected chi connectivity index (χ0v) is 5.95. The molecular formula is C8H5ClF. The van der Waals surface area contributed by atoms with E-state index < -0.39 is 0 Å². The van der Waals surface area contributed by atoms with Gasteiger partial charge in [0.05, 0.1) is 0 Å². The lowest BCUT2D eigenvalue weighted by molar-refractivity contribution is 0.622. The van der Waals surface area contributed by atoms with Crippen LogP contribution in [0.1, 0.15) is 5.56 Å². The molecule has 0 saturated carbocycles. The van der Waals surface area contributed by atoms with Crippen LogP contribution in [-0.4, -0.2) is 0 Å². The summed E-state index contributed by atoms with van der Waals surface area (Å²) in [5.41, 5.74) is 0.313. The van der Waals surface area contributed by atoms with Crippen molar-refractivity contribution in [3.8, 4) is 0 Å². The minimum atomic E-state index is -0.348. The average molecular weight is 156 g/mol. The molecule has 0 amide bonds. The van der Waals surface area contributed by atoms with Crippen LogP contribution < -0.4 is 0 Å². The van der Waals surface area contributed by atoms with Crippen molar-refractivity contribution in [1.82, 2.24) is 0 Å². The Bertz CT molecular complexity index is 255. The highest BCUT2D eigenvalue weighted by Gasteiger charge is 1.97. The van der Waals surface area contributed by atoms with E-state index in [9.17, 15) is 4.39 Å². The van der Waals surface area contributed by atoms with Gasteiger partial charge in [0.2, 0.25) is 0 Å². The molecule has 1 aromatic rings. The molecule has 0 bridgehead atoms. The van der Waals surface area contributed by atoms with Gasteiger partial charge in [-0.1, -0.05) is 18.2 Å². The second-order valence-electron chi connectivity index (χ2n) is 1.80. The van der Waals surface area contributed by atoms with Crippen molar-refractivity contribution in [1.29, 1.82) is 0 Å². The maximum atomic E-state index is 12.6. The Labute approximate surface area is 63.9 Å². The molecule has 0 heterocycles. The van der Waals surface area contributed by atoms with Crippen molar-refractivity contribution in [2.45, 2.75) is 0 Å². The molecule has 0 unspecified atom stereocenters. The summed E-state index contributed by atoms with van der Waals surface area (Å²) in [7, 11) is 0. The van der Waals surface area contributed by atoms with Crippen LogP contribution in [-0.2, 0) is 0 Å². The topological polar surface area (TPSA) is 0 Å². The fourth-order valence-electron chi connectivity index (χ4n) is 0.633. The van der Waals surface area contributed by atoms with E-state index in [1.54, 1.807) is 0 Å². The minimum Gasteiger partial charge on any atom is -0.206 e. The third-order valence-corrected chi connectivity index (χ3v) is 1.35. The summed E-state index contributed by atoms with van der Waals surface area (Å²) < 4.78 is 12.6. The third kappa shape index (κ3) is 1.36. The van der Waals surface area contributed by atoms with Crippen LogP contribution in [0, 0.1) is 11.9 Å². The van der Waals surface area contributed by atoms with Gasteiger partial charge < -0.3 is 0 Å². The summed E-state index contributed by atoms with van der Waals surface area (Å²) in [6.07, 6.45) is 2.43. The van der Waals surface area contributed by atoms with Crippen molar-refractivity contribution in [3.05, 3.63) is 47.3 Å². The molecule has 2 heteroatoms. The minimum absolute atomic E-state index is 0.313. The van der Waals surface area contributed by atoms with E-state index in [-0.39, 0.29) is 5.82 Å². The summed E-state index contributed by atoms with van der Waals surface area (Å²) >= 11 is 5.56. The lowest BCUT2D eigenvalue weighted by Gasteiger charge is -1.94. The zero-order chi connectivity index (χ0) is 7.56. The first-order chi connectivity index (χ1) is 4.74. The van der Waals surface area contributed by atoms with E-state index in [4.69, 9.17) is 11.6 Å². The van der Waals surface area contributed by atoms with Crippen molar-refractivity contribution in [2.24, 2.45) is 0 Å². The molecule has 0 atom stereocenters. The number of benzene rings is 1. The first-order valence-corrected chi connectivity index (χ1v) is 3.10. The molecule has 0 spiro atoms. The number of hydrogen-bond donors (Lipinski definition) is 0. The molecule has 0 aliphatic carbocycles. The number of hydrogen-bond acceptors (Lipinski definition) is 0. The van der Waals surface area contributed by atoms with Gasteiger partial charge in [0.1, 0.15) is 5.82 Å². The summed E-state index contributed by atoms with van der Waals surface area (Å²) in [5.74, 6) is -0.348. The Kier molecular flexibility index (Phi) is 2.07. The fraction of sp³-hybridized carbons (Fsp3) is 0. The molecule has 0 saturated heterocycles. The molecule has 1 aromatic carbocycles. The van der Waals surface area contributed by atoms with Gasteiger partial charge in [-0.3, -0.25) is 0 Å². The molecule has 0 aromatic heterocycles. The average Bonchev–Trinajstić information content (AvgIpc) is 1.94. The van der Waals surface area contributed by atoms with E-state index in [2.05, 4.69) is 12.7 Å². The summed E-state index contributed by atoms with van der Waals surface area (Å²) in [5, 5.41) is 0.493. The lowest BCUT2D eigenvalue weighted by Crippen LogP contribution is -1.80. The van der Waals surface area contributed by atoms with Crippen LogP contribution in [0.3, 0.4) is 0 Å². The molecule has 0 aliphatic heterocycles. The molecule has 0 N–H and O–H groups in total. The van der Waals surface area contributed by atoms with Crippen molar-refractivity contribution < 1.29 is 4.39 Å². The standard InChI is InChI=1S/C8H5ClF/c1-2-6-5-7(9)3-4-8(6)10/h3-5H,1H2. The summed E-state index contributed by atoms with van der Waals surface area (Å²) in [6, 6.07) is 4.25. The summed E-state index contributed by atoms with van der Waals surface area (Å²) in [4.78, 5) is 0. The van der Waals surface area contributed by atoms with Gasteiger partial charge in [-0.05, 0) is 24.3 Å². The first kappa shape index (κ1) is 7.29. The van der Waals surface area contributed by atoms with Crippen molar-refractivity contribution in [3.63, 3.8) is 0 Å². The van der Waals surface area contributed by atoms with Crippen molar-refractivity contribution in [2.75, 3.05) is 0 Å². The first-order valence-electron chi connectivity index (χ1n) is 2.72. The molecule has 0 nitrogen and oxygen atoms in total. The second-order valence-corrected chi connectivity index (χ2v) is 2.24. The molecule has 0 fully saturated rings. The molecule has 1 rings (SSSR count). The van der Waals surface area contributed by atoms with E-state index >= 15 is 0 Å². The Morgan fingerprint density at radius 1 is 1.50 bits per heavy atom. The smallest absolute Gasteiger partial charge is 0.131 e. The molecule has 1 radical (unpaired) electrons. The lowest BCUT2D eigenvalue weighted by atomic mass is 10.2. The van der Waals surface area contributed by atoms with Gasteiger partial charge in [0, 0.05) is 10.6 Å². The van der Waals surface area contributed by atoms with Crippen LogP contribution in [0.5, 0.6) is 0 Å². The zero-order valence-electron chi connectivity index (χ0n) is 5.20. The highest BCUT2D eigenvalue weighted by atomic mass is 35.5. The van der Waals surface area contributed by atoms with E-state index in [1.165, 1.54) is 18.2 Å². The van der Waals surface area contributed by atoms with Crippen LogP contribution in [0.25, 0.3) is 0 Å². The van der Waals surface area contributed by atoms with Gasteiger partial charge in [-0.15, -0.1) is 0 Å². The van der Waals surface area contributed by atoms with Gasteiger partial charge in [-0.25, -0.2) is 4.39 Å². The van der Waals surface area contributed by atoms with Crippen LogP contribution in [0.4, 0.5) is 4.39 Å². The monoisotopic (exact) mass is 155 g/mol. The van der Waals surface area contributed by atoms with Gasteiger partial charge >= 0.3 is 0 Å². The molecular weight excluding hydrogens is 151 g/mol. The molecule has 0 aliphatic rings. The Morgan fingerprint density at radius 3 is 2.70 bits per heavy atom. The maximum Gasteiger partial charge on any atom is 0.131 e. The predicted molar refractivity (Wildman–Crippen MR) is 39.4 cm³/mol. The quantitative estimate of drug-likeness (QED) is 0.585. The van der Waals surface area contributed by atoms with E-state index in [0.717, 1.165) is 0 Å². The van der Waals surface area contributed by atoms with Crippen LogP contribution in [0.15, 0.2) is 24.8 Å². The second kappa shape index (κ2) is 2.84. The van der Waals surface area contributed by atoms with Gasteiger partial charge in [-0.2, -0.15) is 0 Å². The third-order valence-electron chi connectivity index (χ3n) is 1.12. The predicted octanol–water partition coefficient (Wildman–Crippen LogP) is 2.82. The SMILES string of the molecule is C=[C]c1cc(Cl)ccc1F. The van der Waals surface area contributed by atoms with Crippen molar-refractivity contribution >= 4 is 11.6 Å². The largest absolute Gasteiger partial charge is 0.206 e. The fourth-order valence-corrected chi connectivity index (χ4v) is 0.805. The van der Waals surface area contributed by atoms with Crippen LogP contribution in [0.2, 0.25) is 5.02 Å². The number of halogens is 2. The number of rotatable bonds is 1. The highest BCUT2D eigenvalue weighted by Crippen LogP contribution is 2.13. The molecule has 10 heavy (non-hydrogen) atoms. The van der Waals surface area contributed by atoms with E-state index in [0.29, 0.717) is 10.6 Å². The maximum absolute atomic E-state index is 12.6. The Balaban J connectivity index is 3.21. The molecule has 51 valence electrons. The summed E-state index contributed by atoms with van der Waals surface area (Å²) in [6.45, 7) is 3.31. The Morgan fingerprint density at radius 2 is 2.20 bits per heavy atom. The normalized spacial score (nSPS) is 9.40. The Hall–Kier alpha value is -0.820.